The number of carbonyl (C=O) groups is 1. The fourth-order valence-corrected chi connectivity index (χ4v) is 3.85. The number of nitrogens with one attached hydrogen (secondary N) is 1. The zero-order valence-corrected chi connectivity index (χ0v) is 16.7. The van der Waals surface area contributed by atoms with Crippen molar-refractivity contribution < 1.29 is 9.18 Å². The maximum absolute atomic E-state index is 14.0. The first-order valence-corrected chi connectivity index (χ1v) is 10.2. The van der Waals surface area contributed by atoms with E-state index in [1.807, 2.05) is 34.9 Å². The fourth-order valence-electron chi connectivity index (χ4n) is 2.82. The third-order valence-electron chi connectivity index (χ3n) is 4.46. The molecule has 1 aliphatic carbocycles. The Balaban J connectivity index is 1.54. The topological polar surface area (TPSA) is 59.8 Å². The second-order valence-electron chi connectivity index (χ2n) is 6.66. The second kappa shape index (κ2) is 7.93. The molecule has 0 spiro atoms. The molecule has 0 saturated heterocycles. The summed E-state index contributed by atoms with van der Waals surface area (Å²) in [5, 5.41) is 11.7. The van der Waals surface area contributed by atoms with Gasteiger partial charge in [0.25, 0.3) is 0 Å². The number of rotatable bonds is 6. The van der Waals surface area contributed by atoms with Crippen LogP contribution in [-0.2, 0) is 4.79 Å². The molecule has 1 unspecified atom stereocenters. The summed E-state index contributed by atoms with van der Waals surface area (Å²) >= 11 is 7.05. The van der Waals surface area contributed by atoms with Crippen LogP contribution >= 0.6 is 23.4 Å². The lowest BCUT2D eigenvalue weighted by atomic mass is 10.3. The number of carbonyl (C=O) groups excluding carboxylic acids is 1. The van der Waals surface area contributed by atoms with Crippen LogP contribution in [0, 0.1) is 5.82 Å². The van der Waals surface area contributed by atoms with Crippen molar-refractivity contribution in [2.75, 3.05) is 5.32 Å². The predicted molar refractivity (Wildman–Crippen MR) is 109 cm³/mol. The van der Waals surface area contributed by atoms with Crippen molar-refractivity contribution in [3.05, 3.63) is 65.2 Å². The number of anilines is 1. The molecule has 1 heterocycles. The average Bonchev–Trinajstić information content (AvgIpc) is 3.45. The van der Waals surface area contributed by atoms with Gasteiger partial charge in [-0.3, -0.25) is 9.36 Å². The zero-order chi connectivity index (χ0) is 19.7. The van der Waals surface area contributed by atoms with Crippen molar-refractivity contribution >= 4 is 35.0 Å². The number of hydrogen-bond donors (Lipinski definition) is 1. The van der Waals surface area contributed by atoms with Crippen LogP contribution in [0.1, 0.15) is 31.5 Å². The molecule has 2 aromatic carbocycles. The lowest BCUT2D eigenvalue weighted by Gasteiger charge is -2.14. The van der Waals surface area contributed by atoms with E-state index in [4.69, 9.17) is 11.6 Å². The Bertz CT molecular complexity index is 1010. The van der Waals surface area contributed by atoms with Crippen LogP contribution in [0.25, 0.3) is 5.69 Å². The van der Waals surface area contributed by atoms with Gasteiger partial charge in [0.2, 0.25) is 5.91 Å². The number of amides is 1. The molecule has 0 radical (unpaired) electrons. The number of benzene rings is 2. The SMILES string of the molecule is CC(Sc1nnc(C2CC2)n1-c1ccccc1)C(=O)Nc1ccc(Cl)cc1F. The van der Waals surface area contributed by atoms with Crippen LogP contribution in [0.2, 0.25) is 5.02 Å². The molecule has 1 aromatic heterocycles. The highest BCUT2D eigenvalue weighted by Gasteiger charge is 2.32. The third-order valence-corrected chi connectivity index (χ3v) is 5.73. The molecule has 144 valence electrons. The van der Waals surface area contributed by atoms with E-state index in [0.717, 1.165) is 24.4 Å². The zero-order valence-electron chi connectivity index (χ0n) is 15.1. The first-order valence-electron chi connectivity index (χ1n) is 8.96. The van der Waals surface area contributed by atoms with Crippen LogP contribution in [0.15, 0.2) is 53.7 Å². The van der Waals surface area contributed by atoms with Gasteiger partial charge in [0.05, 0.1) is 10.9 Å². The summed E-state index contributed by atoms with van der Waals surface area (Å²) < 4.78 is 16.0. The highest BCUT2D eigenvalue weighted by atomic mass is 35.5. The van der Waals surface area contributed by atoms with Crippen molar-refractivity contribution in [2.45, 2.75) is 36.1 Å². The molecule has 8 heteroatoms. The highest BCUT2D eigenvalue weighted by Crippen LogP contribution is 2.41. The predicted octanol–water partition coefficient (Wildman–Crippen LogP) is 5.06. The highest BCUT2D eigenvalue weighted by molar-refractivity contribution is 8.00. The molecular weight excluding hydrogens is 399 g/mol. The normalized spacial score (nSPS) is 14.7. The van der Waals surface area contributed by atoms with Crippen molar-refractivity contribution in [1.29, 1.82) is 0 Å². The number of aromatic nitrogens is 3. The van der Waals surface area contributed by atoms with E-state index in [-0.39, 0.29) is 16.6 Å². The Labute approximate surface area is 171 Å². The van der Waals surface area contributed by atoms with E-state index in [9.17, 15) is 9.18 Å². The van der Waals surface area contributed by atoms with Crippen molar-refractivity contribution in [2.24, 2.45) is 0 Å². The van der Waals surface area contributed by atoms with Gasteiger partial charge in [0, 0.05) is 16.6 Å². The van der Waals surface area contributed by atoms with Gasteiger partial charge < -0.3 is 5.32 Å². The molecule has 1 atom stereocenters. The van der Waals surface area contributed by atoms with Crippen LogP contribution in [0.4, 0.5) is 10.1 Å². The van der Waals surface area contributed by atoms with Crippen molar-refractivity contribution in [3.63, 3.8) is 0 Å². The quantitative estimate of drug-likeness (QED) is 0.571. The average molecular weight is 417 g/mol. The van der Waals surface area contributed by atoms with Crippen LogP contribution in [0.3, 0.4) is 0 Å². The third kappa shape index (κ3) is 4.05. The monoisotopic (exact) mass is 416 g/mol. The molecule has 5 nitrogen and oxygen atoms in total. The number of halogens is 2. The summed E-state index contributed by atoms with van der Waals surface area (Å²) in [6.45, 7) is 1.76. The van der Waals surface area contributed by atoms with Gasteiger partial charge in [-0.05, 0) is 50.1 Å². The van der Waals surface area contributed by atoms with Crippen molar-refractivity contribution in [1.82, 2.24) is 14.8 Å². The summed E-state index contributed by atoms with van der Waals surface area (Å²) in [5.74, 6) is 0.447. The Morgan fingerprint density at radius 2 is 2.00 bits per heavy atom. The Kier molecular flexibility index (Phi) is 5.37. The molecule has 0 bridgehead atoms. The molecule has 28 heavy (non-hydrogen) atoms. The molecule has 1 saturated carbocycles. The first kappa shape index (κ1) is 19.0. The van der Waals surface area contributed by atoms with E-state index >= 15 is 0 Å². The minimum absolute atomic E-state index is 0.102. The van der Waals surface area contributed by atoms with Gasteiger partial charge in [0.15, 0.2) is 5.16 Å². The molecule has 1 aliphatic rings. The summed E-state index contributed by atoms with van der Waals surface area (Å²) in [5.41, 5.74) is 1.07. The molecular formula is C20H18ClFN4OS. The van der Waals surface area contributed by atoms with E-state index in [1.165, 1.54) is 30.0 Å². The van der Waals surface area contributed by atoms with Crippen LogP contribution in [-0.4, -0.2) is 25.9 Å². The lowest BCUT2D eigenvalue weighted by Crippen LogP contribution is -2.23. The van der Waals surface area contributed by atoms with E-state index in [1.54, 1.807) is 6.92 Å². The van der Waals surface area contributed by atoms with Gasteiger partial charge in [-0.25, -0.2) is 4.39 Å². The largest absolute Gasteiger partial charge is 0.323 e. The Hall–Kier alpha value is -2.38. The van der Waals surface area contributed by atoms with Crippen LogP contribution < -0.4 is 5.32 Å². The number of nitrogens with zero attached hydrogens (tertiary/aromatic N) is 3. The van der Waals surface area contributed by atoms with Gasteiger partial charge in [-0.2, -0.15) is 0 Å². The van der Waals surface area contributed by atoms with Gasteiger partial charge in [-0.15, -0.1) is 10.2 Å². The summed E-state index contributed by atoms with van der Waals surface area (Å²) in [6.07, 6.45) is 2.20. The van der Waals surface area contributed by atoms with Gasteiger partial charge in [-0.1, -0.05) is 41.6 Å². The summed E-state index contributed by atoms with van der Waals surface area (Å²) in [4.78, 5) is 12.6. The van der Waals surface area contributed by atoms with Crippen molar-refractivity contribution in [3.8, 4) is 5.69 Å². The Morgan fingerprint density at radius 3 is 2.68 bits per heavy atom. The number of para-hydroxylation sites is 1. The first-order chi connectivity index (χ1) is 13.5. The van der Waals surface area contributed by atoms with E-state index in [2.05, 4.69) is 15.5 Å². The summed E-state index contributed by atoms with van der Waals surface area (Å²) in [7, 11) is 0. The summed E-state index contributed by atoms with van der Waals surface area (Å²) in [6, 6.07) is 14.0. The minimum Gasteiger partial charge on any atom is -0.323 e. The van der Waals surface area contributed by atoms with E-state index < -0.39 is 11.1 Å². The molecule has 4 rings (SSSR count). The molecule has 0 aliphatic heterocycles. The fraction of sp³-hybridized carbons (Fsp3) is 0.250. The smallest absolute Gasteiger partial charge is 0.237 e. The maximum atomic E-state index is 14.0. The Morgan fingerprint density at radius 1 is 1.25 bits per heavy atom. The molecule has 3 aromatic rings. The maximum Gasteiger partial charge on any atom is 0.237 e. The number of thioether (sulfide) groups is 1. The number of hydrogen-bond acceptors (Lipinski definition) is 4. The van der Waals surface area contributed by atoms with Crippen LogP contribution in [0.5, 0.6) is 0 Å². The minimum atomic E-state index is -0.568. The standard InChI is InChI=1S/C20H18ClFN4OS/c1-12(19(27)23-17-10-9-14(21)11-16(17)22)28-20-25-24-18(13-7-8-13)26(20)15-5-3-2-4-6-15/h2-6,9-13H,7-8H2,1H3,(H,23,27). The molecule has 1 fully saturated rings. The second-order valence-corrected chi connectivity index (χ2v) is 8.40. The lowest BCUT2D eigenvalue weighted by molar-refractivity contribution is -0.115. The van der Waals surface area contributed by atoms with Gasteiger partial charge >= 0.3 is 0 Å². The molecule has 1 amide bonds. The van der Waals surface area contributed by atoms with E-state index in [0.29, 0.717) is 11.1 Å². The molecule has 1 N–H and O–H groups in total. The van der Waals surface area contributed by atoms with Gasteiger partial charge in [0.1, 0.15) is 11.6 Å².